The molecule has 1 atom stereocenters. The Morgan fingerprint density at radius 3 is 2.22 bits per heavy atom. The number of carboxylic acids is 1. The maximum absolute atomic E-state index is 12.9. The molecule has 0 aliphatic heterocycles. The highest BCUT2D eigenvalue weighted by Gasteiger charge is 2.56. The minimum atomic E-state index is -4.91. The number of halogens is 3. The Morgan fingerprint density at radius 1 is 1.26 bits per heavy atom. The Bertz CT molecular complexity index is 563. The largest absolute Gasteiger partial charge is 0.480 e. The van der Waals surface area contributed by atoms with E-state index in [9.17, 15) is 22.8 Å². The molecule has 4 nitrogen and oxygen atoms in total. The molecule has 0 aromatic carbocycles. The van der Waals surface area contributed by atoms with E-state index in [-0.39, 0.29) is 5.57 Å². The van der Waals surface area contributed by atoms with E-state index in [1.807, 2.05) is 0 Å². The summed E-state index contributed by atoms with van der Waals surface area (Å²) < 4.78 is 37.8. The fourth-order valence-electron chi connectivity index (χ4n) is 3.43. The van der Waals surface area contributed by atoms with Crippen molar-refractivity contribution in [2.24, 2.45) is 11.1 Å². The minimum absolute atomic E-state index is 0.154. The number of carbonyl (C=O) groups excluding carboxylic acids is 1. The molecule has 1 spiro atoms. The second kappa shape index (κ2) is 5.81. The van der Waals surface area contributed by atoms with Crippen LogP contribution in [0.4, 0.5) is 13.2 Å². The number of thioether (sulfide) groups is 1. The van der Waals surface area contributed by atoms with Gasteiger partial charge in [-0.1, -0.05) is 12.8 Å². The predicted molar refractivity (Wildman–Crippen MR) is 80.9 cm³/mol. The van der Waals surface area contributed by atoms with Gasteiger partial charge in [-0.3, -0.25) is 9.59 Å². The van der Waals surface area contributed by atoms with Crippen LogP contribution in [0.1, 0.15) is 46.0 Å². The van der Waals surface area contributed by atoms with Gasteiger partial charge in [0.25, 0.3) is 5.78 Å². The second-order valence-corrected chi connectivity index (χ2v) is 8.56. The van der Waals surface area contributed by atoms with Crippen LogP contribution in [-0.2, 0) is 9.59 Å². The van der Waals surface area contributed by atoms with Gasteiger partial charge in [0.15, 0.2) is 0 Å². The van der Waals surface area contributed by atoms with Crippen LogP contribution >= 0.6 is 11.8 Å². The number of aliphatic carboxylic acids is 1. The third-order valence-corrected chi connectivity index (χ3v) is 6.13. The van der Waals surface area contributed by atoms with E-state index in [4.69, 9.17) is 10.8 Å². The van der Waals surface area contributed by atoms with Gasteiger partial charge in [0.1, 0.15) is 6.04 Å². The van der Waals surface area contributed by atoms with Crippen molar-refractivity contribution in [2.75, 3.05) is 0 Å². The van der Waals surface area contributed by atoms with Gasteiger partial charge in [-0.2, -0.15) is 13.2 Å². The van der Waals surface area contributed by atoms with Crippen LogP contribution in [0, 0.1) is 5.41 Å². The number of carbonyl (C=O) groups is 2. The monoisotopic (exact) mass is 351 g/mol. The summed E-state index contributed by atoms with van der Waals surface area (Å²) in [5.74, 6) is -3.01. The summed E-state index contributed by atoms with van der Waals surface area (Å²) in [6.07, 6.45) is -1.71. The number of hydrogen-bond donors (Lipinski definition) is 2. The van der Waals surface area contributed by atoms with Gasteiger partial charge in [0, 0.05) is 15.7 Å². The molecule has 0 saturated heterocycles. The molecule has 130 valence electrons. The highest BCUT2D eigenvalue weighted by molar-refractivity contribution is 8.04. The number of carboxylic acid groups (broad SMARTS) is 1. The Balaban J connectivity index is 2.34. The number of rotatable bonds is 5. The molecular weight excluding hydrogens is 331 g/mol. The molecule has 1 unspecified atom stereocenters. The van der Waals surface area contributed by atoms with E-state index < -0.39 is 34.1 Å². The number of hydrogen-bond acceptors (Lipinski definition) is 4. The summed E-state index contributed by atoms with van der Waals surface area (Å²) in [7, 11) is 0. The van der Waals surface area contributed by atoms with E-state index in [1.165, 1.54) is 0 Å². The van der Waals surface area contributed by atoms with Crippen molar-refractivity contribution < 1.29 is 27.9 Å². The third-order valence-electron chi connectivity index (χ3n) is 4.75. The number of allylic oxidation sites excluding steroid dienone is 2. The summed E-state index contributed by atoms with van der Waals surface area (Å²) in [6, 6.07) is -1.23. The first-order chi connectivity index (χ1) is 10.4. The number of nitrogens with two attached hydrogens (primary N) is 1. The fraction of sp³-hybridized carbons (Fsp3) is 0.733. The number of Topliss-reactive ketones (excluding diaryl/α,β-unsaturated/α-hetero) is 1. The molecule has 0 aromatic rings. The zero-order valence-corrected chi connectivity index (χ0v) is 13.8. The van der Waals surface area contributed by atoms with Crippen molar-refractivity contribution in [1.29, 1.82) is 0 Å². The smallest absolute Gasteiger partial charge is 0.454 e. The van der Waals surface area contributed by atoms with Gasteiger partial charge in [-0.25, -0.2) is 0 Å². The van der Waals surface area contributed by atoms with E-state index in [2.05, 4.69) is 0 Å². The van der Waals surface area contributed by atoms with Gasteiger partial charge < -0.3 is 10.8 Å². The summed E-state index contributed by atoms with van der Waals surface area (Å²) in [5, 5.41) is 9.03. The van der Waals surface area contributed by atoms with Crippen molar-refractivity contribution in [2.45, 2.75) is 62.9 Å². The standard InChI is InChI=1S/C15H20F3NO3S/c1-13(2,10(19)12(21)22)23-8-7-14(5-3-4-6-14)9(8)11(20)15(16,17)18/h10H,3-7,19H2,1-2H3,(H,21,22). The Hall–Kier alpha value is -1.02. The van der Waals surface area contributed by atoms with E-state index >= 15 is 0 Å². The Labute approximate surface area is 136 Å². The van der Waals surface area contributed by atoms with Gasteiger partial charge in [-0.05, 0) is 38.0 Å². The molecule has 0 heterocycles. The van der Waals surface area contributed by atoms with Crippen LogP contribution in [-0.4, -0.2) is 33.8 Å². The molecule has 3 N–H and O–H groups in total. The van der Waals surface area contributed by atoms with E-state index in [1.54, 1.807) is 13.8 Å². The SMILES string of the molecule is CC(C)(SC1=C(C(=O)C(F)(F)F)C2(CCCC2)C1)C(N)C(=O)O. The molecule has 23 heavy (non-hydrogen) atoms. The van der Waals surface area contributed by atoms with Gasteiger partial charge >= 0.3 is 12.1 Å². The first kappa shape index (κ1) is 18.3. The minimum Gasteiger partial charge on any atom is -0.480 e. The van der Waals surface area contributed by atoms with Crippen LogP contribution in [0.15, 0.2) is 10.5 Å². The summed E-state index contributed by atoms with van der Waals surface area (Å²) in [5.41, 5.74) is 4.80. The maximum Gasteiger partial charge on any atom is 0.454 e. The van der Waals surface area contributed by atoms with E-state index in [0.29, 0.717) is 24.2 Å². The van der Waals surface area contributed by atoms with Crippen molar-refractivity contribution in [3.8, 4) is 0 Å². The molecular formula is C15H20F3NO3S. The zero-order valence-electron chi connectivity index (χ0n) is 13.0. The lowest BCUT2D eigenvalue weighted by Gasteiger charge is -2.45. The van der Waals surface area contributed by atoms with Crippen LogP contribution in [0.25, 0.3) is 0 Å². The van der Waals surface area contributed by atoms with Crippen LogP contribution < -0.4 is 5.73 Å². The molecule has 2 aliphatic rings. The average Bonchev–Trinajstić information content (AvgIpc) is 2.86. The lowest BCUT2D eigenvalue weighted by molar-refractivity contribution is -0.168. The average molecular weight is 351 g/mol. The Kier molecular flexibility index (Phi) is 4.62. The maximum atomic E-state index is 12.9. The first-order valence-electron chi connectivity index (χ1n) is 7.43. The lowest BCUT2D eigenvalue weighted by Crippen LogP contribution is -2.48. The molecule has 0 bridgehead atoms. The molecule has 2 rings (SSSR count). The molecule has 2 aliphatic carbocycles. The van der Waals surface area contributed by atoms with Crippen LogP contribution in [0.5, 0.6) is 0 Å². The van der Waals surface area contributed by atoms with E-state index in [0.717, 1.165) is 24.6 Å². The molecule has 0 amide bonds. The van der Waals surface area contributed by atoms with Crippen molar-refractivity contribution in [3.05, 3.63) is 10.5 Å². The van der Waals surface area contributed by atoms with Gasteiger partial charge in [0.05, 0.1) is 0 Å². The van der Waals surface area contributed by atoms with Crippen LogP contribution in [0.3, 0.4) is 0 Å². The van der Waals surface area contributed by atoms with Gasteiger partial charge in [0.2, 0.25) is 0 Å². The molecule has 0 aromatic heterocycles. The topological polar surface area (TPSA) is 80.4 Å². The van der Waals surface area contributed by atoms with Crippen molar-refractivity contribution >= 4 is 23.5 Å². The van der Waals surface area contributed by atoms with Crippen molar-refractivity contribution in [1.82, 2.24) is 0 Å². The normalized spacial score (nSPS) is 22.2. The number of alkyl halides is 3. The second-order valence-electron chi connectivity index (χ2n) is 6.81. The highest BCUT2D eigenvalue weighted by atomic mass is 32.2. The fourth-order valence-corrected chi connectivity index (χ4v) is 5.05. The van der Waals surface area contributed by atoms with Gasteiger partial charge in [-0.15, -0.1) is 11.8 Å². The number of ketones is 1. The molecule has 1 fully saturated rings. The van der Waals surface area contributed by atoms with Crippen molar-refractivity contribution in [3.63, 3.8) is 0 Å². The molecule has 8 heteroatoms. The molecule has 1 saturated carbocycles. The Morgan fingerprint density at radius 2 is 1.78 bits per heavy atom. The summed E-state index contributed by atoms with van der Waals surface area (Å²) >= 11 is 0.991. The highest BCUT2D eigenvalue weighted by Crippen LogP contribution is 2.62. The van der Waals surface area contributed by atoms with Crippen LogP contribution in [0.2, 0.25) is 0 Å². The zero-order chi connectivity index (χ0) is 17.6. The summed E-state index contributed by atoms with van der Waals surface area (Å²) in [6.45, 7) is 3.14. The summed E-state index contributed by atoms with van der Waals surface area (Å²) in [4.78, 5) is 23.3. The molecule has 0 radical (unpaired) electrons. The third kappa shape index (κ3) is 3.28. The predicted octanol–water partition coefficient (Wildman–Crippen LogP) is 3.26. The lowest BCUT2D eigenvalue weighted by atomic mass is 9.65. The quantitative estimate of drug-likeness (QED) is 0.795. The first-order valence-corrected chi connectivity index (χ1v) is 8.25.